The Morgan fingerprint density at radius 2 is 2.56 bits per heavy atom. The van der Waals surface area contributed by atoms with Gasteiger partial charge in [0.15, 0.2) is 0 Å². The van der Waals surface area contributed by atoms with Crippen LogP contribution in [0.2, 0.25) is 0 Å². The van der Waals surface area contributed by atoms with Gasteiger partial charge in [0.2, 0.25) is 0 Å². The second-order valence-electron chi connectivity index (χ2n) is 2.24. The number of carbonyl (C=O) groups is 1. The topological polar surface area (TPSA) is 40.5 Å². The van der Waals surface area contributed by atoms with Gasteiger partial charge in [-0.3, -0.25) is 4.90 Å². The minimum Gasteiger partial charge on any atom is -0.465 e. The van der Waals surface area contributed by atoms with Crippen molar-refractivity contribution in [1.29, 1.82) is 0 Å². The molecule has 0 aromatic heterocycles. The monoisotopic (exact) mass is 127 g/mol. The van der Waals surface area contributed by atoms with Crippen molar-refractivity contribution in [1.82, 2.24) is 4.90 Å². The summed E-state index contributed by atoms with van der Waals surface area (Å²) >= 11 is 0. The highest BCUT2D eigenvalue weighted by Crippen LogP contribution is 2.20. The molecule has 0 bridgehead atoms. The van der Waals surface area contributed by atoms with Gasteiger partial charge in [0.25, 0.3) is 0 Å². The summed E-state index contributed by atoms with van der Waals surface area (Å²) in [5.41, 5.74) is 0.998. The van der Waals surface area contributed by atoms with Crippen LogP contribution in [0, 0.1) is 0 Å². The first-order chi connectivity index (χ1) is 4.13. The van der Waals surface area contributed by atoms with Gasteiger partial charge in [-0.2, -0.15) is 0 Å². The molecule has 1 heterocycles. The molecule has 3 nitrogen and oxygen atoms in total. The van der Waals surface area contributed by atoms with Crippen molar-refractivity contribution >= 4 is 6.09 Å². The molecule has 1 N–H and O–H groups in total. The van der Waals surface area contributed by atoms with Crippen LogP contribution in [0.5, 0.6) is 0 Å². The van der Waals surface area contributed by atoms with E-state index in [0.29, 0.717) is 6.54 Å². The molecule has 1 amide bonds. The van der Waals surface area contributed by atoms with Gasteiger partial charge < -0.3 is 5.11 Å². The Morgan fingerprint density at radius 1 is 2.00 bits per heavy atom. The molecule has 0 radical (unpaired) electrons. The van der Waals surface area contributed by atoms with Crippen LogP contribution in [0.4, 0.5) is 4.79 Å². The van der Waals surface area contributed by atoms with Gasteiger partial charge in [0.05, 0.1) is 6.04 Å². The molecule has 1 aliphatic heterocycles. The second-order valence-corrected chi connectivity index (χ2v) is 2.24. The molecule has 3 heteroatoms. The summed E-state index contributed by atoms with van der Waals surface area (Å²) in [5.74, 6) is 0. The molecule has 1 aliphatic rings. The second kappa shape index (κ2) is 1.76. The Morgan fingerprint density at radius 3 is 2.67 bits per heavy atom. The van der Waals surface area contributed by atoms with Crippen LogP contribution in [0.1, 0.15) is 6.92 Å². The number of amides is 1. The Kier molecular flexibility index (Phi) is 1.20. The van der Waals surface area contributed by atoms with Crippen LogP contribution in [0.3, 0.4) is 0 Å². The predicted molar refractivity (Wildman–Crippen MR) is 33.3 cm³/mol. The third-order valence-corrected chi connectivity index (χ3v) is 1.68. The van der Waals surface area contributed by atoms with Gasteiger partial charge in [0.1, 0.15) is 0 Å². The average molecular weight is 127 g/mol. The first-order valence-corrected chi connectivity index (χ1v) is 2.80. The molecule has 9 heavy (non-hydrogen) atoms. The van der Waals surface area contributed by atoms with Crippen molar-refractivity contribution in [2.45, 2.75) is 13.0 Å². The first kappa shape index (κ1) is 6.13. The van der Waals surface area contributed by atoms with Crippen LogP contribution in [-0.2, 0) is 0 Å². The number of likely N-dealkylation sites (tertiary alicyclic amines) is 1. The molecule has 1 saturated heterocycles. The lowest BCUT2D eigenvalue weighted by atomic mass is 10.0. The molecule has 1 atom stereocenters. The molecule has 1 rings (SSSR count). The molecule has 0 saturated carbocycles. The third-order valence-electron chi connectivity index (χ3n) is 1.68. The van der Waals surface area contributed by atoms with Crippen molar-refractivity contribution < 1.29 is 9.90 Å². The first-order valence-electron chi connectivity index (χ1n) is 2.80. The lowest BCUT2D eigenvalue weighted by Gasteiger charge is -2.38. The summed E-state index contributed by atoms with van der Waals surface area (Å²) in [4.78, 5) is 11.6. The lowest BCUT2D eigenvalue weighted by Crippen LogP contribution is -2.50. The van der Waals surface area contributed by atoms with Gasteiger partial charge in [-0.15, -0.1) is 0 Å². The normalized spacial score (nSPS) is 25.7. The van der Waals surface area contributed by atoms with E-state index in [-0.39, 0.29) is 6.04 Å². The zero-order chi connectivity index (χ0) is 7.02. The predicted octanol–water partition coefficient (Wildman–Crippen LogP) is 0.925. The number of rotatable bonds is 0. The van der Waals surface area contributed by atoms with Crippen LogP contribution in [0.25, 0.3) is 0 Å². The summed E-state index contributed by atoms with van der Waals surface area (Å²) in [6.45, 7) is 6.01. The summed E-state index contributed by atoms with van der Waals surface area (Å²) < 4.78 is 0. The van der Waals surface area contributed by atoms with E-state index in [9.17, 15) is 4.79 Å². The van der Waals surface area contributed by atoms with E-state index >= 15 is 0 Å². The van der Waals surface area contributed by atoms with Crippen LogP contribution >= 0.6 is 0 Å². The standard InChI is InChI=1S/C6H9NO2/c1-4-3-7(5(4)2)6(8)9/h5H,1,3H2,2H3,(H,8,9). The molecule has 0 aliphatic carbocycles. The molecule has 0 aromatic carbocycles. The minimum absolute atomic E-state index is 0.0301. The summed E-state index contributed by atoms with van der Waals surface area (Å²) in [6, 6.07) is 0.0301. The maximum absolute atomic E-state index is 10.2. The van der Waals surface area contributed by atoms with Crippen molar-refractivity contribution in [3.63, 3.8) is 0 Å². The Balaban J connectivity index is 2.51. The molecule has 1 fully saturated rings. The van der Waals surface area contributed by atoms with E-state index in [2.05, 4.69) is 6.58 Å². The minimum atomic E-state index is -0.852. The third kappa shape index (κ3) is 0.781. The Labute approximate surface area is 53.6 Å². The lowest BCUT2D eigenvalue weighted by molar-refractivity contribution is 0.116. The number of hydrogen-bond acceptors (Lipinski definition) is 1. The van der Waals surface area contributed by atoms with Gasteiger partial charge >= 0.3 is 6.09 Å². The summed E-state index contributed by atoms with van der Waals surface area (Å²) in [7, 11) is 0. The van der Waals surface area contributed by atoms with Crippen molar-refractivity contribution in [2.75, 3.05) is 6.54 Å². The molecular formula is C6H9NO2. The molecule has 0 aromatic rings. The average Bonchev–Trinajstić information content (AvgIpc) is 1.81. The Hall–Kier alpha value is -0.990. The summed E-state index contributed by atoms with van der Waals surface area (Å²) in [6.07, 6.45) is -0.852. The zero-order valence-corrected chi connectivity index (χ0v) is 5.29. The van der Waals surface area contributed by atoms with Crippen LogP contribution in [-0.4, -0.2) is 28.7 Å². The summed E-state index contributed by atoms with van der Waals surface area (Å²) in [5, 5.41) is 8.41. The smallest absolute Gasteiger partial charge is 0.408 e. The van der Waals surface area contributed by atoms with E-state index in [1.54, 1.807) is 0 Å². The van der Waals surface area contributed by atoms with Crippen molar-refractivity contribution in [3.05, 3.63) is 12.2 Å². The highest BCUT2D eigenvalue weighted by Gasteiger charge is 2.31. The quantitative estimate of drug-likeness (QED) is 0.491. The van der Waals surface area contributed by atoms with Gasteiger partial charge in [0, 0.05) is 6.54 Å². The fraction of sp³-hybridized carbons (Fsp3) is 0.500. The van der Waals surface area contributed by atoms with Crippen LogP contribution in [0.15, 0.2) is 12.2 Å². The molecule has 0 spiro atoms. The van der Waals surface area contributed by atoms with Gasteiger partial charge in [-0.1, -0.05) is 6.58 Å². The molecule has 50 valence electrons. The van der Waals surface area contributed by atoms with E-state index in [1.165, 1.54) is 4.90 Å². The van der Waals surface area contributed by atoms with Gasteiger partial charge in [-0.25, -0.2) is 4.79 Å². The van der Waals surface area contributed by atoms with E-state index < -0.39 is 6.09 Å². The zero-order valence-electron chi connectivity index (χ0n) is 5.29. The number of carboxylic acid groups (broad SMARTS) is 1. The molecular weight excluding hydrogens is 118 g/mol. The van der Waals surface area contributed by atoms with Gasteiger partial charge in [-0.05, 0) is 12.5 Å². The Bertz CT molecular complexity index is 164. The van der Waals surface area contributed by atoms with E-state index in [1.807, 2.05) is 6.92 Å². The van der Waals surface area contributed by atoms with Crippen molar-refractivity contribution in [3.8, 4) is 0 Å². The number of hydrogen-bond donors (Lipinski definition) is 1. The van der Waals surface area contributed by atoms with Crippen LogP contribution < -0.4 is 0 Å². The van der Waals surface area contributed by atoms with E-state index in [4.69, 9.17) is 5.11 Å². The SMILES string of the molecule is C=C1CN(C(=O)O)C1C. The highest BCUT2D eigenvalue weighted by molar-refractivity contribution is 5.68. The highest BCUT2D eigenvalue weighted by atomic mass is 16.4. The van der Waals surface area contributed by atoms with E-state index in [0.717, 1.165) is 5.57 Å². The molecule has 1 unspecified atom stereocenters. The largest absolute Gasteiger partial charge is 0.465 e. The fourth-order valence-electron chi connectivity index (χ4n) is 0.829. The maximum Gasteiger partial charge on any atom is 0.408 e. The fourth-order valence-corrected chi connectivity index (χ4v) is 0.829. The maximum atomic E-state index is 10.2. The number of nitrogens with zero attached hydrogens (tertiary/aromatic N) is 1. The van der Waals surface area contributed by atoms with Crippen molar-refractivity contribution in [2.24, 2.45) is 0 Å².